The lowest BCUT2D eigenvalue weighted by atomic mass is 9.94. The van der Waals surface area contributed by atoms with E-state index in [4.69, 9.17) is 18.9 Å². The van der Waals surface area contributed by atoms with Crippen LogP contribution >= 0.6 is 0 Å². The molecule has 9 heteroatoms. The fourth-order valence-corrected chi connectivity index (χ4v) is 6.11. The fourth-order valence-electron chi connectivity index (χ4n) is 6.11. The lowest BCUT2D eigenvalue weighted by molar-refractivity contribution is -0.127. The number of aromatic nitrogens is 1. The van der Waals surface area contributed by atoms with Crippen molar-refractivity contribution in [3.05, 3.63) is 78.0 Å². The number of aromatic amines is 1. The van der Waals surface area contributed by atoms with Crippen molar-refractivity contribution in [3.8, 4) is 23.0 Å². The summed E-state index contributed by atoms with van der Waals surface area (Å²) in [7, 11) is 3.12. The van der Waals surface area contributed by atoms with Gasteiger partial charge in [0.05, 0.1) is 20.6 Å². The van der Waals surface area contributed by atoms with Crippen molar-refractivity contribution < 1.29 is 28.5 Å². The maximum Gasteiger partial charge on any atom is 0.248 e. The molecule has 224 valence electrons. The van der Waals surface area contributed by atoms with Crippen LogP contribution in [-0.2, 0) is 16.0 Å². The van der Waals surface area contributed by atoms with E-state index in [0.29, 0.717) is 47.5 Å². The minimum atomic E-state index is -0.984. The predicted molar refractivity (Wildman–Crippen MR) is 164 cm³/mol. The monoisotopic (exact) mass is 583 g/mol. The molecule has 0 spiro atoms. The molecule has 0 saturated heterocycles. The average molecular weight is 584 g/mol. The molecular weight excluding hydrogens is 546 g/mol. The van der Waals surface area contributed by atoms with Gasteiger partial charge < -0.3 is 29.2 Å². The minimum absolute atomic E-state index is 0.0507. The third-order valence-electron chi connectivity index (χ3n) is 8.27. The maximum atomic E-state index is 14.5. The van der Waals surface area contributed by atoms with Gasteiger partial charge in [-0.3, -0.25) is 14.5 Å². The first-order valence-corrected chi connectivity index (χ1v) is 14.8. The lowest BCUT2D eigenvalue weighted by Gasteiger charge is -2.34. The molecule has 2 amide bonds. The van der Waals surface area contributed by atoms with Gasteiger partial charge in [-0.25, -0.2) is 0 Å². The van der Waals surface area contributed by atoms with Gasteiger partial charge in [-0.1, -0.05) is 43.5 Å². The van der Waals surface area contributed by atoms with Crippen LogP contribution in [0.25, 0.3) is 10.9 Å². The van der Waals surface area contributed by atoms with Crippen LogP contribution in [-0.4, -0.2) is 50.3 Å². The van der Waals surface area contributed by atoms with E-state index >= 15 is 0 Å². The molecule has 1 saturated carbocycles. The normalized spacial score (nSPS) is 15.5. The number of anilines is 1. The second-order valence-corrected chi connectivity index (χ2v) is 11.0. The average Bonchev–Trinajstić information content (AvgIpc) is 3.45. The number of carbonyl (C=O) groups is 2. The molecule has 3 aromatic carbocycles. The van der Waals surface area contributed by atoms with E-state index in [-0.39, 0.29) is 24.3 Å². The minimum Gasteiger partial charge on any atom is -0.493 e. The number of para-hydroxylation sites is 1. The molecule has 1 fully saturated rings. The van der Waals surface area contributed by atoms with Crippen molar-refractivity contribution in [1.29, 1.82) is 0 Å². The Labute approximate surface area is 251 Å². The molecule has 1 aromatic heterocycles. The lowest BCUT2D eigenvalue weighted by Crippen LogP contribution is -2.47. The van der Waals surface area contributed by atoms with Gasteiger partial charge in [-0.05, 0) is 54.3 Å². The van der Waals surface area contributed by atoms with Crippen LogP contribution < -0.4 is 29.2 Å². The molecule has 1 atom stereocenters. The number of rotatable bonds is 9. The standard InChI is InChI=1S/C34H37N3O6/c1-40-28-14-12-22(18-30(28)41-2)33(34(39)36-24-8-4-3-5-9-24)37(25-13-15-29-31(20-25)43-17-16-42-29)32(38)19-23-21-35-27-11-7-6-10-26(23)27/h6-7,10-15,18,20-21,24,33,35H,3-5,8-9,16-17,19H2,1-2H3,(H,36,39)/t33-/m1/s1. The number of hydrogen-bond donors (Lipinski definition) is 2. The number of methoxy groups -OCH3 is 2. The Hall–Kier alpha value is -4.66. The third-order valence-corrected chi connectivity index (χ3v) is 8.27. The van der Waals surface area contributed by atoms with Crippen molar-refractivity contribution in [3.63, 3.8) is 0 Å². The van der Waals surface area contributed by atoms with E-state index in [2.05, 4.69) is 10.3 Å². The zero-order valence-corrected chi connectivity index (χ0v) is 24.6. The number of nitrogens with zero attached hydrogens (tertiary/aromatic N) is 1. The van der Waals surface area contributed by atoms with Crippen LogP contribution in [0.3, 0.4) is 0 Å². The summed E-state index contributed by atoms with van der Waals surface area (Å²) in [5, 5.41) is 4.24. The first-order chi connectivity index (χ1) is 21.1. The smallest absolute Gasteiger partial charge is 0.248 e. The Balaban J connectivity index is 1.46. The Bertz CT molecular complexity index is 1610. The maximum absolute atomic E-state index is 14.5. The molecule has 6 rings (SSSR count). The van der Waals surface area contributed by atoms with Crippen molar-refractivity contribution >= 4 is 28.4 Å². The highest BCUT2D eigenvalue weighted by atomic mass is 16.6. The van der Waals surface area contributed by atoms with Crippen LogP contribution in [0.2, 0.25) is 0 Å². The highest BCUT2D eigenvalue weighted by Crippen LogP contribution is 2.39. The van der Waals surface area contributed by atoms with E-state index in [1.54, 1.807) is 43.4 Å². The highest BCUT2D eigenvalue weighted by Gasteiger charge is 2.35. The fraction of sp³-hybridized carbons (Fsp3) is 0.353. The molecule has 43 heavy (non-hydrogen) atoms. The van der Waals surface area contributed by atoms with Gasteiger partial charge in [-0.2, -0.15) is 0 Å². The van der Waals surface area contributed by atoms with Gasteiger partial charge in [0, 0.05) is 34.9 Å². The predicted octanol–water partition coefficient (Wildman–Crippen LogP) is 5.72. The second kappa shape index (κ2) is 12.7. The number of benzene rings is 3. The number of hydrogen-bond acceptors (Lipinski definition) is 6. The first kappa shape index (κ1) is 28.5. The molecule has 9 nitrogen and oxygen atoms in total. The quantitative estimate of drug-likeness (QED) is 0.261. The largest absolute Gasteiger partial charge is 0.493 e. The van der Waals surface area contributed by atoms with Crippen LogP contribution in [0.5, 0.6) is 23.0 Å². The Morgan fingerprint density at radius 3 is 2.49 bits per heavy atom. The summed E-state index contributed by atoms with van der Waals surface area (Å²) in [6.45, 7) is 0.856. The third kappa shape index (κ3) is 5.98. The van der Waals surface area contributed by atoms with Crippen LogP contribution in [0.1, 0.15) is 49.3 Å². The van der Waals surface area contributed by atoms with Crippen molar-refractivity contribution in [2.45, 2.75) is 50.6 Å². The molecule has 2 aliphatic rings. The van der Waals surface area contributed by atoms with Gasteiger partial charge in [0.2, 0.25) is 11.8 Å². The molecule has 1 aliphatic carbocycles. The van der Waals surface area contributed by atoms with Crippen molar-refractivity contribution in [1.82, 2.24) is 10.3 Å². The summed E-state index contributed by atoms with van der Waals surface area (Å²) >= 11 is 0. The molecule has 1 aliphatic heterocycles. The van der Waals surface area contributed by atoms with Gasteiger partial charge >= 0.3 is 0 Å². The zero-order chi connectivity index (χ0) is 29.8. The summed E-state index contributed by atoms with van der Waals surface area (Å²) in [6.07, 6.45) is 7.07. The van der Waals surface area contributed by atoms with Crippen LogP contribution in [0, 0.1) is 0 Å². The summed E-state index contributed by atoms with van der Waals surface area (Å²) in [4.78, 5) is 33.7. The Morgan fingerprint density at radius 2 is 1.70 bits per heavy atom. The summed E-state index contributed by atoms with van der Waals surface area (Å²) in [6, 6.07) is 17.7. The number of amides is 2. The molecular formula is C34H37N3O6. The topological polar surface area (TPSA) is 102 Å². The SMILES string of the molecule is COc1ccc([C@H](C(=O)NC2CCCCC2)N(C(=O)Cc2c[nH]c3ccccc23)c2ccc3c(c2)OCCO3)cc1OC. The van der Waals surface area contributed by atoms with E-state index in [1.165, 1.54) is 0 Å². The second-order valence-electron chi connectivity index (χ2n) is 11.0. The van der Waals surface area contributed by atoms with Crippen LogP contribution in [0.4, 0.5) is 5.69 Å². The van der Waals surface area contributed by atoms with Crippen LogP contribution in [0.15, 0.2) is 66.9 Å². The van der Waals surface area contributed by atoms with Gasteiger partial charge in [0.1, 0.15) is 19.3 Å². The Morgan fingerprint density at radius 1 is 0.930 bits per heavy atom. The number of carbonyl (C=O) groups excluding carboxylic acids is 2. The summed E-state index contributed by atoms with van der Waals surface area (Å²) in [5.41, 5.74) is 2.94. The molecule has 0 unspecified atom stereocenters. The Kier molecular flexibility index (Phi) is 8.40. The number of fused-ring (bicyclic) bond motifs is 2. The van der Waals surface area contributed by atoms with E-state index in [1.807, 2.05) is 42.6 Å². The van der Waals surface area contributed by atoms with Gasteiger partial charge in [0.15, 0.2) is 23.0 Å². The number of H-pyrrole nitrogens is 1. The molecule has 0 bridgehead atoms. The highest BCUT2D eigenvalue weighted by molar-refractivity contribution is 6.03. The van der Waals surface area contributed by atoms with Crippen molar-refractivity contribution in [2.75, 3.05) is 32.3 Å². The number of ether oxygens (including phenoxy) is 4. The summed E-state index contributed by atoms with van der Waals surface area (Å²) in [5.74, 6) is 1.66. The molecule has 2 heterocycles. The first-order valence-electron chi connectivity index (χ1n) is 14.8. The van der Waals surface area contributed by atoms with Crippen molar-refractivity contribution in [2.24, 2.45) is 0 Å². The van der Waals surface area contributed by atoms with Gasteiger partial charge in [-0.15, -0.1) is 0 Å². The number of nitrogens with one attached hydrogen (secondary N) is 2. The molecule has 2 N–H and O–H groups in total. The molecule has 4 aromatic rings. The van der Waals surface area contributed by atoms with E-state index in [9.17, 15) is 9.59 Å². The van der Waals surface area contributed by atoms with Gasteiger partial charge in [0.25, 0.3) is 0 Å². The van der Waals surface area contributed by atoms with E-state index < -0.39 is 6.04 Å². The zero-order valence-electron chi connectivity index (χ0n) is 24.6. The molecule has 0 radical (unpaired) electrons. The summed E-state index contributed by atoms with van der Waals surface area (Å²) < 4.78 is 22.7. The van der Waals surface area contributed by atoms with E-state index in [0.717, 1.165) is 48.6 Å².